The summed E-state index contributed by atoms with van der Waals surface area (Å²) < 4.78 is 5.48. The van der Waals surface area contributed by atoms with E-state index in [2.05, 4.69) is 19.2 Å². The Morgan fingerprint density at radius 1 is 1.14 bits per heavy atom. The molecular formula is C18H31NO2. The zero-order chi connectivity index (χ0) is 15.1. The van der Waals surface area contributed by atoms with E-state index in [4.69, 9.17) is 4.74 Å². The van der Waals surface area contributed by atoms with Crippen LogP contribution < -0.4 is 5.32 Å². The summed E-state index contributed by atoms with van der Waals surface area (Å²) in [4.78, 5) is 12.5. The molecule has 0 saturated heterocycles. The molecule has 1 amide bonds. The van der Waals surface area contributed by atoms with Crippen LogP contribution in [0.25, 0.3) is 0 Å². The Hall–Kier alpha value is -0.570. The van der Waals surface area contributed by atoms with Crippen molar-refractivity contribution in [3.8, 4) is 0 Å². The van der Waals surface area contributed by atoms with Crippen molar-refractivity contribution in [2.45, 2.75) is 71.3 Å². The van der Waals surface area contributed by atoms with Crippen molar-refractivity contribution in [2.24, 2.45) is 23.2 Å². The van der Waals surface area contributed by atoms with E-state index < -0.39 is 0 Å². The second-order valence-corrected chi connectivity index (χ2v) is 8.66. The topological polar surface area (TPSA) is 38.3 Å². The standard InChI is InChI=1S/C18H31NO2/c1-4-21-12-17(2,3)19-16(20)11-18-8-13-5-14(9-18)7-15(6-13)10-18/h13-15H,4-12H2,1-3H3,(H,19,20). The number of rotatable bonds is 6. The predicted octanol–water partition coefficient (Wildman–Crippen LogP) is 3.52. The van der Waals surface area contributed by atoms with Gasteiger partial charge in [0.2, 0.25) is 5.91 Å². The lowest BCUT2D eigenvalue weighted by molar-refractivity contribution is -0.131. The van der Waals surface area contributed by atoms with Gasteiger partial charge in [-0.05, 0) is 82.5 Å². The third kappa shape index (κ3) is 3.44. The fourth-order valence-corrected chi connectivity index (χ4v) is 5.66. The first-order valence-electron chi connectivity index (χ1n) is 8.78. The van der Waals surface area contributed by atoms with E-state index in [0.717, 1.165) is 24.2 Å². The molecule has 0 aromatic carbocycles. The molecule has 0 aliphatic heterocycles. The normalized spacial score (nSPS) is 37.8. The number of nitrogens with one attached hydrogen (secondary N) is 1. The number of amides is 1. The van der Waals surface area contributed by atoms with Crippen LogP contribution in [0.2, 0.25) is 0 Å². The molecule has 21 heavy (non-hydrogen) atoms. The largest absolute Gasteiger partial charge is 0.379 e. The summed E-state index contributed by atoms with van der Waals surface area (Å²) in [6.45, 7) is 7.40. The molecule has 4 fully saturated rings. The highest BCUT2D eigenvalue weighted by molar-refractivity contribution is 5.77. The Morgan fingerprint density at radius 3 is 2.14 bits per heavy atom. The molecule has 4 saturated carbocycles. The first kappa shape index (κ1) is 15.3. The Kier molecular flexibility index (Phi) is 4.06. The summed E-state index contributed by atoms with van der Waals surface area (Å²) in [5.41, 5.74) is 0.0793. The monoisotopic (exact) mass is 293 g/mol. The van der Waals surface area contributed by atoms with Gasteiger partial charge in [-0.3, -0.25) is 4.79 Å². The molecule has 0 unspecified atom stereocenters. The average molecular weight is 293 g/mol. The first-order chi connectivity index (χ1) is 9.90. The van der Waals surface area contributed by atoms with Gasteiger partial charge in [-0.25, -0.2) is 0 Å². The Balaban J connectivity index is 1.57. The summed E-state index contributed by atoms with van der Waals surface area (Å²) in [6, 6.07) is 0. The lowest BCUT2D eigenvalue weighted by Gasteiger charge is -2.56. The second kappa shape index (κ2) is 5.57. The third-order valence-electron chi connectivity index (χ3n) is 5.85. The molecule has 3 heteroatoms. The lowest BCUT2D eigenvalue weighted by Crippen LogP contribution is -2.51. The van der Waals surface area contributed by atoms with Crippen LogP contribution in [0.5, 0.6) is 0 Å². The molecule has 0 aromatic rings. The zero-order valence-electron chi connectivity index (χ0n) is 13.9. The minimum absolute atomic E-state index is 0.238. The maximum Gasteiger partial charge on any atom is 0.221 e. The molecule has 1 N–H and O–H groups in total. The molecule has 4 rings (SSSR count). The molecule has 3 nitrogen and oxygen atoms in total. The Bertz CT molecular complexity index is 367. The molecule has 120 valence electrons. The maximum atomic E-state index is 12.5. The van der Waals surface area contributed by atoms with Crippen molar-refractivity contribution >= 4 is 5.91 Å². The van der Waals surface area contributed by atoms with Gasteiger partial charge in [0.05, 0.1) is 12.1 Å². The van der Waals surface area contributed by atoms with E-state index in [9.17, 15) is 4.79 Å². The molecule has 0 atom stereocenters. The Morgan fingerprint density at radius 2 is 1.67 bits per heavy atom. The van der Waals surface area contributed by atoms with E-state index in [1.807, 2.05) is 6.92 Å². The number of carbonyl (C=O) groups excluding carboxylic acids is 1. The van der Waals surface area contributed by atoms with Crippen molar-refractivity contribution in [3.63, 3.8) is 0 Å². The van der Waals surface area contributed by atoms with Gasteiger partial charge in [0.25, 0.3) is 0 Å². The van der Waals surface area contributed by atoms with Crippen LogP contribution in [0.4, 0.5) is 0 Å². The fraction of sp³-hybridized carbons (Fsp3) is 0.944. The second-order valence-electron chi connectivity index (χ2n) is 8.66. The zero-order valence-corrected chi connectivity index (χ0v) is 13.9. The van der Waals surface area contributed by atoms with Crippen LogP contribution in [-0.2, 0) is 9.53 Å². The highest BCUT2D eigenvalue weighted by Gasteiger charge is 2.51. The van der Waals surface area contributed by atoms with Gasteiger partial charge >= 0.3 is 0 Å². The molecular weight excluding hydrogens is 262 g/mol. The molecule has 0 spiro atoms. The van der Waals surface area contributed by atoms with Crippen LogP contribution in [0, 0.1) is 23.2 Å². The molecule has 4 aliphatic carbocycles. The van der Waals surface area contributed by atoms with Gasteiger partial charge < -0.3 is 10.1 Å². The van der Waals surface area contributed by atoms with Crippen molar-refractivity contribution in [1.29, 1.82) is 0 Å². The van der Waals surface area contributed by atoms with Gasteiger partial charge in [-0.2, -0.15) is 0 Å². The highest BCUT2D eigenvalue weighted by Crippen LogP contribution is 2.61. The predicted molar refractivity (Wildman–Crippen MR) is 83.9 cm³/mol. The van der Waals surface area contributed by atoms with E-state index in [1.165, 1.54) is 38.5 Å². The molecule has 4 bridgehead atoms. The van der Waals surface area contributed by atoms with E-state index in [0.29, 0.717) is 18.6 Å². The van der Waals surface area contributed by atoms with Crippen LogP contribution in [0.3, 0.4) is 0 Å². The van der Waals surface area contributed by atoms with Crippen molar-refractivity contribution in [3.05, 3.63) is 0 Å². The van der Waals surface area contributed by atoms with Gasteiger partial charge in [0.15, 0.2) is 0 Å². The third-order valence-corrected chi connectivity index (χ3v) is 5.85. The van der Waals surface area contributed by atoms with Gasteiger partial charge in [0, 0.05) is 13.0 Å². The minimum Gasteiger partial charge on any atom is -0.379 e. The van der Waals surface area contributed by atoms with Gasteiger partial charge in [-0.1, -0.05) is 0 Å². The summed E-state index contributed by atoms with van der Waals surface area (Å²) in [5, 5.41) is 3.20. The number of hydrogen-bond donors (Lipinski definition) is 1. The smallest absolute Gasteiger partial charge is 0.221 e. The molecule has 0 radical (unpaired) electrons. The molecule has 0 heterocycles. The number of ether oxygens (including phenoxy) is 1. The number of hydrogen-bond acceptors (Lipinski definition) is 2. The first-order valence-corrected chi connectivity index (χ1v) is 8.78. The summed E-state index contributed by atoms with van der Waals surface area (Å²) >= 11 is 0. The van der Waals surface area contributed by atoms with Crippen molar-refractivity contribution < 1.29 is 9.53 Å². The fourth-order valence-electron chi connectivity index (χ4n) is 5.66. The van der Waals surface area contributed by atoms with Crippen LogP contribution >= 0.6 is 0 Å². The Labute approximate surface area is 129 Å². The summed E-state index contributed by atoms with van der Waals surface area (Å²) in [7, 11) is 0. The average Bonchev–Trinajstić information content (AvgIpc) is 2.33. The van der Waals surface area contributed by atoms with E-state index in [-0.39, 0.29) is 11.4 Å². The van der Waals surface area contributed by atoms with Crippen molar-refractivity contribution in [1.82, 2.24) is 5.32 Å². The van der Waals surface area contributed by atoms with Gasteiger partial charge in [0.1, 0.15) is 0 Å². The summed E-state index contributed by atoms with van der Waals surface area (Å²) in [5.74, 6) is 2.99. The minimum atomic E-state index is -0.255. The lowest BCUT2D eigenvalue weighted by atomic mass is 9.49. The molecule has 0 aromatic heterocycles. The van der Waals surface area contributed by atoms with Crippen LogP contribution in [0.15, 0.2) is 0 Å². The SMILES string of the molecule is CCOCC(C)(C)NC(=O)CC12CC3CC(CC(C3)C1)C2. The summed E-state index contributed by atoms with van der Waals surface area (Å²) in [6.07, 6.45) is 8.98. The van der Waals surface area contributed by atoms with Crippen LogP contribution in [0.1, 0.15) is 65.7 Å². The quantitative estimate of drug-likeness (QED) is 0.813. The van der Waals surface area contributed by atoms with Crippen LogP contribution in [-0.4, -0.2) is 24.7 Å². The molecule has 4 aliphatic rings. The van der Waals surface area contributed by atoms with Gasteiger partial charge in [-0.15, -0.1) is 0 Å². The maximum absolute atomic E-state index is 12.5. The highest BCUT2D eigenvalue weighted by atomic mass is 16.5. The number of carbonyl (C=O) groups is 1. The van der Waals surface area contributed by atoms with Crippen molar-refractivity contribution in [2.75, 3.05) is 13.2 Å². The van der Waals surface area contributed by atoms with E-state index in [1.54, 1.807) is 0 Å². The van der Waals surface area contributed by atoms with E-state index >= 15 is 0 Å².